The number of rotatable bonds is 4. The molecule has 2 aromatic rings. The third kappa shape index (κ3) is 3.47. The maximum atomic E-state index is 11.8. The second-order valence-electron chi connectivity index (χ2n) is 5.14. The van der Waals surface area contributed by atoms with Crippen molar-refractivity contribution in [1.29, 1.82) is 0 Å². The van der Waals surface area contributed by atoms with E-state index in [0.29, 0.717) is 6.54 Å². The summed E-state index contributed by atoms with van der Waals surface area (Å²) < 4.78 is 5.47. The highest BCUT2D eigenvalue weighted by Gasteiger charge is 2.15. The molecule has 21 heavy (non-hydrogen) atoms. The molecule has 0 unspecified atom stereocenters. The van der Waals surface area contributed by atoms with Crippen LogP contribution in [-0.4, -0.2) is 30.1 Å². The van der Waals surface area contributed by atoms with Gasteiger partial charge < -0.3 is 10.1 Å². The van der Waals surface area contributed by atoms with Gasteiger partial charge in [0.15, 0.2) is 0 Å². The number of nitrogens with zero attached hydrogens (tertiary/aromatic N) is 1. The lowest BCUT2D eigenvalue weighted by Gasteiger charge is -2.08. The summed E-state index contributed by atoms with van der Waals surface area (Å²) in [5.41, 5.74) is 1.85. The molecular weight excluding hydrogens is 264 g/mol. The van der Waals surface area contributed by atoms with Crippen molar-refractivity contribution in [2.45, 2.75) is 18.9 Å². The van der Waals surface area contributed by atoms with Crippen LogP contribution in [0.4, 0.5) is 0 Å². The number of ether oxygens (including phenoxy) is 1. The van der Waals surface area contributed by atoms with Gasteiger partial charge in [-0.3, -0.25) is 9.78 Å². The number of fused-ring (bicyclic) bond motifs is 1. The first kappa shape index (κ1) is 13.8. The van der Waals surface area contributed by atoms with Gasteiger partial charge in [0.1, 0.15) is 0 Å². The Morgan fingerprint density at radius 2 is 2.29 bits per heavy atom. The van der Waals surface area contributed by atoms with E-state index in [1.807, 2.05) is 30.3 Å². The van der Waals surface area contributed by atoms with Gasteiger partial charge in [0.25, 0.3) is 0 Å². The highest BCUT2D eigenvalue weighted by atomic mass is 16.5. The van der Waals surface area contributed by atoms with Gasteiger partial charge in [0, 0.05) is 36.4 Å². The minimum absolute atomic E-state index is 0.0987. The Hall–Kier alpha value is -2.20. The molecule has 1 amide bonds. The first-order valence-electron chi connectivity index (χ1n) is 7.24. The minimum Gasteiger partial charge on any atom is -0.376 e. The Morgan fingerprint density at radius 1 is 1.38 bits per heavy atom. The highest BCUT2D eigenvalue weighted by molar-refractivity contribution is 5.95. The monoisotopic (exact) mass is 282 g/mol. The van der Waals surface area contributed by atoms with Gasteiger partial charge in [-0.05, 0) is 25.0 Å². The Kier molecular flexibility index (Phi) is 4.26. The third-order valence-electron chi connectivity index (χ3n) is 3.61. The van der Waals surface area contributed by atoms with Crippen LogP contribution in [0.15, 0.2) is 42.6 Å². The van der Waals surface area contributed by atoms with E-state index in [4.69, 9.17) is 4.74 Å². The van der Waals surface area contributed by atoms with E-state index >= 15 is 0 Å². The number of para-hydroxylation sites is 1. The second-order valence-corrected chi connectivity index (χ2v) is 5.14. The van der Waals surface area contributed by atoms with Crippen LogP contribution in [0.25, 0.3) is 17.0 Å². The Labute approximate surface area is 123 Å². The molecule has 0 aliphatic carbocycles. The molecule has 0 spiro atoms. The number of benzene rings is 1. The largest absolute Gasteiger partial charge is 0.376 e. The number of carbonyl (C=O) groups is 1. The van der Waals surface area contributed by atoms with Crippen LogP contribution in [-0.2, 0) is 9.53 Å². The fourth-order valence-corrected chi connectivity index (χ4v) is 2.51. The van der Waals surface area contributed by atoms with Crippen LogP contribution in [0, 0.1) is 0 Å². The summed E-state index contributed by atoms with van der Waals surface area (Å²) in [6, 6.07) is 9.85. The van der Waals surface area contributed by atoms with E-state index in [-0.39, 0.29) is 12.0 Å². The third-order valence-corrected chi connectivity index (χ3v) is 3.61. The number of amides is 1. The molecule has 2 heterocycles. The van der Waals surface area contributed by atoms with Gasteiger partial charge in [-0.2, -0.15) is 0 Å². The summed E-state index contributed by atoms with van der Waals surface area (Å²) in [4.78, 5) is 16.2. The van der Waals surface area contributed by atoms with E-state index in [1.165, 1.54) is 0 Å². The number of nitrogens with one attached hydrogen (secondary N) is 1. The van der Waals surface area contributed by atoms with Crippen molar-refractivity contribution in [2.24, 2.45) is 0 Å². The summed E-state index contributed by atoms with van der Waals surface area (Å²) in [6.07, 6.45) is 7.40. The molecule has 1 aromatic heterocycles. The zero-order valence-corrected chi connectivity index (χ0v) is 11.8. The number of hydrogen-bond acceptors (Lipinski definition) is 3. The van der Waals surface area contributed by atoms with Crippen molar-refractivity contribution in [3.63, 3.8) is 0 Å². The molecule has 0 bridgehead atoms. The number of carbonyl (C=O) groups excluding carboxylic acids is 1. The molecule has 1 saturated heterocycles. The van der Waals surface area contributed by atoms with Crippen molar-refractivity contribution in [3.05, 3.63) is 48.2 Å². The van der Waals surface area contributed by atoms with E-state index in [1.54, 1.807) is 18.3 Å². The maximum Gasteiger partial charge on any atom is 0.244 e. The molecule has 1 aromatic carbocycles. The molecule has 4 heteroatoms. The van der Waals surface area contributed by atoms with E-state index < -0.39 is 0 Å². The number of pyridine rings is 1. The summed E-state index contributed by atoms with van der Waals surface area (Å²) in [6.45, 7) is 1.38. The predicted octanol–water partition coefficient (Wildman–Crippen LogP) is 2.54. The van der Waals surface area contributed by atoms with Gasteiger partial charge in [0.05, 0.1) is 11.6 Å². The highest BCUT2D eigenvalue weighted by Crippen LogP contribution is 2.17. The normalized spacial score (nSPS) is 18.4. The van der Waals surface area contributed by atoms with E-state index in [0.717, 1.165) is 35.9 Å². The average molecular weight is 282 g/mol. The maximum absolute atomic E-state index is 11.8. The molecule has 0 radical (unpaired) electrons. The van der Waals surface area contributed by atoms with Crippen molar-refractivity contribution in [2.75, 3.05) is 13.2 Å². The van der Waals surface area contributed by atoms with Crippen molar-refractivity contribution in [3.8, 4) is 0 Å². The lowest BCUT2D eigenvalue weighted by Crippen LogP contribution is -2.30. The predicted molar refractivity (Wildman–Crippen MR) is 82.8 cm³/mol. The SMILES string of the molecule is O=C(/C=C/c1cccc2cccnc12)NC[C@H]1CCCO1. The van der Waals surface area contributed by atoms with E-state index in [2.05, 4.69) is 10.3 Å². The van der Waals surface area contributed by atoms with Crippen LogP contribution in [0.3, 0.4) is 0 Å². The molecule has 108 valence electrons. The fourth-order valence-electron chi connectivity index (χ4n) is 2.51. The Morgan fingerprint density at radius 3 is 3.14 bits per heavy atom. The number of hydrogen-bond donors (Lipinski definition) is 1. The Balaban J connectivity index is 1.65. The summed E-state index contributed by atoms with van der Waals surface area (Å²) in [7, 11) is 0. The minimum atomic E-state index is -0.0987. The molecule has 1 aliphatic heterocycles. The van der Waals surface area contributed by atoms with E-state index in [9.17, 15) is 4.79 Å². The van der Waals surface area contributed by atoms with Gasteiger partial charge in [0.2, 0.25) is 5.91 Å². The van der Waals surface area contributed by atoms with Gasteiger partial charge in [-0.25, -0.2) is 0 Å². The van der Waals surface area contributed by atoms with Crippen molar-refractivity contribution in [1.82, 2.24) is 10.3 Å². The van der Waals surface area contributed by atoms with Gasteiger partial charge >= 0.3 is 0 Å². The first-order chi connectivity index (χ1) is 10.3. The lowest BCUT2D eigenvalue weighted by atomic mass is 10.1. The second kappa shape index (κ2) is 6.50. The summed E-state index contributed by atoms with van der Waals surface area (Å²) >= 11 is 0. The van der Waals surface area contributed by atoms with Crippen LogP contribution in [0.5, 0.6) is 0 Å². The topological polar surface area (TPSA) is 51.2 Å². The van der Waals surface area contributed by atoms with Crippen LogP contribution in [0.2, 0.25) is 0 Å². The Bertz CT molecular complexity index is 655. The van der Waals surface area contributed by atoms with Crippen molar-refractivity contribution >= 4 is 22.9 Å². The zero-order chi connectivity index (χ0) is 14.5. The first-order valence-corrected chi connectivity index (χ1v) is 7.24. The molecule has 1 atom stereocenters. The standard InChI is InChI=1S/C17H18N2O2/c20-16(19-12-15-7-3-11-21-15)9-8-14-5-1-4-13-6-2-10-18-17(13)14/h1-2,4-6,8-10,15H,3,7,11-12H2,(H,19,20)/b9-8+/t15-/m1/s1. The van der Waals surface area contributed by atoms with Gasteiger partial charge in [-0.15, -0.1) is 0 Å². The lowest BCUT2D eigenvalue weighted by molar-refractivity contribution is -0.116. The zero-order valence-electron chi connectivity index (χ0n) is 11.8. The molecular formula is C17H18N2O2. The van der Waals surface area contributed by atoms with Gasteiger partial charge in [-0.1, -0.05) is 24.3 Å². The molecule has 1 N–H and O–H groups in total. The quantitative estimate of drug-likeness (QED) is 0.877. The number of aromatic nitrogens is 1. The average Bonchev–Trinajstić information content (AvgIpc) is 3.04. The molecule has 3 rings (SSSR count). The summed E-state index contributed by atoms with van der Waals surface area (Å²) in [5.74, 6) is -0.0987. The smallest absolute Gasteiger partial charge is 0.244 e. The molecule has 4 nitrogen and oxygen atoms in total. The van der Waals surface area contributed by atoms with Crippen LogP contribution >= 0.6 is 0 Å². The van der Waals surface area contributed by atoms with Crippen molar-refractivity contribution < 1.29 is 9.53 Å². The van der Waals surface area contributed by atoms with Crippen LogP contribution < -0.4 is 5.32 Å². The fraction of sp³-hybridized carbons (Fsp3) is 0.294. The summed E-state index contributed by atoms with van der Waals surface area (Å²) in [5, 5.41) is 3.94. The molecule has 1 aliphatic rings. The molecule has 0 saturated carbocycles. The van der Waals surface area contributed by atoms with Crippen LogP contribution in [0.1, 0.15) is 18.4 Å². The molecule has 1 fully saturated rings.